The third kappa shape index (κ3) is 6.30. The van der Waals surface area contributed by atoms with Crippen molar-refractivity contribution in [2.24, 2.45) is 5.92 Å². The molecule has 2 amide bonds. The fraction of sp³-hybridized carbons (Fsp3) is 0.300. The zero-order valence-corrected chi connectivity index (χ0v) is 14.7. The summed E-state index contributed by atoms with van der Waals surface area (Å²) < 4.78 is 0. The van der Waals surface area contributed by atoms with Crippen molar-refractivity contribution in [1.29, 1.82) is 0 Å². The van der Waals surface area contributed by atoms with Gasteiger partial charge in [-0.05, 0) is 23.6 Å². The second-order valence-electron chi connectivity index (χ2n) is 6.27. The van der Waals surface area contributed by atoms with E-state index >= 15 is 0 Å². The highest BCUT2D eigenvalue weighted by Crippen LogP contribution is 2.14. The molecule has 0 radical (unpaired) electrons. The van der Waals surface area contributed by atoms with Crippen molar-refractivity contribution in [3.63, 3.8) is 0 Å². The molecule has 0 aliphatic rings. The summed E-state index contributed by atoms with van der Waals surface area (Å²) in [5.74, 6) is 0.121. The lowest BCUT2D eigenvalue weighted by Gasteiger charge is -2.13. The summed E-state index contributed by atoms with van der Waals surface area (Å²) in [6.45, 7) is 5.30. The van der Waals surface area contributed by atoms with Gasteiger partial charge in [0, 0.05) is 18.8 Å². The first-order valence-electron chi connectivity index (χ1n) is 8.48. The molecule has 132 valence electrons. The molecule has 5 nitrogen and oxygen atoms in total. The molecule has 0 unspecified atom stereocenters. The molecule has 0 aliphatic carbocycles. The number of carbonyl (C=O) groups is 2. The van der Waals surface area contributed by atoms with Crippen molar-refractivity contribution in [3.05, 3.63) is 65.7 Å². The molecule has 3 N–H and O–H groups in total. The normalized spacial score (nSPS) is 10.4. The van der Waals surface area contributed by atoms with E-state index in [1.54, 1.807) is 12.1 Å². The Morgan fingerprint density at radius 1 is 0.920 bits per heavy atom. The number of hydrogen-bond acceptors (Lipinski definition) is 3. The minimum Gasteiger partial charge on any atom is -0.376 e. The van der Waals surface area contributed by atoms with E-state index in [0.717, 1.165) is 5.56 Å². The molecule has 2 rings (SSSR count). The first-order chi connectivity index (χ1) is 12.1. The van der Waals surface area contributed by atoms with Crippen LogP contribution in [-0.4, -0.2) is 24.9 Å². The molecule has 0 spiro atoms. The number of carbonyl (C=O) groups excluding carboxylic acids is 2. The van der Waals surface area contributed by atoms with Crippen LogP contribution in [0.4, 0.5) is 5.69 Å². The van der Waals surface area contributed by atoms with Crippen LogP contribution in [0.15, 0.2) is 54.6 Å². The number of rotatable bonds is 8. The van der Waals surface area contributed by atoms with Gasteiger partial charge in [-0.25, -0.2) is 0 Å². The van der Waals surface area contributed by atoms with Crippen LogP contribution in [0, 0.1) is 5.92 Å². The smallest absolute Gasteiger partial charge is 0.253 e. The lowest BCUT2D eigenvalue weighted by atomic mass is 10.1. The molecule has 25 heavy (non-hydrogen) atoms. The van der Waals surface area contributed by atoms with Crippen molar-refractivity contribution in [2.75, 3.05) is 18.4 Å². The van der Waals surface area contributed by atoms with E-state index in [2.05, 4.69) is 16.0 Å². The van der Waals surface area contributed by atoms with E-state index in [1.165, 1.54) is 0 Å². The third-order valence-electron chi connectivity index (χ3n) is 3.61. The minimum atomic E-state index is -0.138. The van der Waals surface area contributed by atoms with Crippen LogP contribution in [0.5, 0.6) is 0 Å². The van der Waals surface area contributed by atoms with E-state index in [4.69, 9.17) is 0 Å². The van der Waals surface area contributed by atoms with E-state index in [-0.39, 0.29) is 18.4 Å². The Bertz CT molecular complexity index is 699. The third-order valence-corrected chi connectivity index (χ3v) is 3.61. The number of para-hydroxylation sites is 1. The van der Waals surface area contributed by atoms with Gasteiger partial charge in [0.25, 0.3) is 5.91 Å². The molecule has 0 aromatic heterocycles. The molecule has 2 aromatic carbocycles. The van der Waals surface area contributed by atoms with Gasteiger partial charge in [0.1, 0.15) is 0 Å². The maximum absolute atomic E-state index is 12.3. The zero-order chi connectivity index (χ0) is 18.1. The van der Waals surface area contributed by atoms with E-state index in [1.807, 2.05) is 56.3 Å². The molecule has 0 saturated carbocycles. The Labute approximate surface area is 148 Å². The van der Waals surface area contributed by atoms with Gasteiger partial charge >= 0.3 is 0 Å². The molecular formula is C20H25N3O2. The summed E-state index contributed by atoms with van der Waals surface area (Å²) in [5, 5.41) is 8.79. The first-order valence-corrected chi connectivity index (χ1v) is 8.48. The molecular weight excluding hydrogens is 314 g/mol. The van der Waals surface area contributed by atoms with Crippen molar-refractivity contribution < 1.29 is 9.59 Å². The SMILES string of the molecule is CC(C)CNC(=O)c1ccccc1NCC(=O)NCc1ccccc1. The average Bonchev–Trinajstić information content (AvgIpc) is 2.63. The summed E-state index contributed by atoms with van der Waals surface area (Å²) in [6, 6.07) is 16.9. The molecule has 0 bridgehead atoms. The van der Waals surface area contributed by atoms with Gasteiger partial charge in [0.2, 0.25) is 5.91 Å². The maximum atomic E-state index is 12.3. The molecule has 2 aromatic rings. The standard InChI is InChI=1S/C20H25N3O2/c1-15(2)12-23-20(25)17-10-6-7-11-18(17)21-14-19(24)22-13-16-8-4-3-5-9-16/h3-11,15,21H,12-14H2,1-2H3,(H,22,24)(H,23,25). The fourth-order valence-electron chi connectivity index (χ4n) is 2.26. The molecule has 0 aliphatic heterocycles. The van der Waals surface area contributed by atoms with Gasteiger partial charge in [-0.3, -0.25) is 9.59 Å². The molecule has 0 heterocycles. The van der Waals surface area contributed by atoms with Gasteiger partial charge in [-0.15, -0.1) is 0 Å². The molecule has 0 saturated heterocycles. The Morgan fingerprint density at radius 2 is 1.60 bits per heavy atom. The largest absolute Gasteiger partial charge is 0.376 e. The molecule has 0 fully saturated rings. The monoisotopic (exact) mass is 339 g/mol. The second-order valence-corrected chi connectivity index (χ2v) is 6.27. The van der Waals surface area contributed by atoms with E-state index in [9.17, 15) is 9.59 Å². The van der Waals surface area contributed by atoms with Gasteiger partial charge < -0.3 is 16.0 Å². The number of benzene rings is 2. The highest BCUT2D eigenvalue weighted by Gasteiger charge is 2.11. The summed E-state index contributed by atoms with van der Waals surface area (Å²) in [5.41, 5.74) is 2.24. The van der Waals surface area contributed by atoms with Gasteiger partial charge in [0.15, 0.2) is 0 Å². The first kappa shape index (κ1) is 18.5. The van der Waals surface area contributed by atoms with Crippen LogP contribution in [-0.2, 0) is 11.3 Å². The Balaban J connectivity index is 1.87. The van der Waals surface area contributed by atoms with Gasteiger partial charge in [-0.1, -0.05) is 56.3 Å². The number of nitrogens with one attached hydrogen (secondary N) is 3. The fourth-order valence-corrected chi connectivity index (χ4v) is 2.26. The quantitative estimate of drug-likeness (QED) is 0.693. The number of hydrogen-bond donors (Lipinski definition) is 3. The number of anilines is 1. The predicted octanol–water partition coefficient (Wildman–Crippen LogP) is 2.80. The number of amides is 2. The Hall–Kier alpha value is -2.82. The van der Waals surface area contributed by atoms with Crippen LogP contribution in [0.2, 0.25) is 0 Å². The highest BCUT2D eigenvalue weighted by atomic mass is 16.2. The average molecular weight is 339 g/mol. The lowest BCUT2D eigenvalue weighted by Crippen LogP contribution is -2.31. The molecule has 5 heteroatoms. The lowest BCUT2D eigenvalue weighted by molar-refractivity contribution is -0.119. The minimum absolute atomic E-state index is 0.112. The van der Waals surface area contributed by atoms with Crippen molar-refractivity contribution >= 4 is 17.5 Å². The van der Waals surface area contributed by atoms with Crippen LogP contribution in [0.25, 0.3) is 0 Å². The van der Waals surface area contributed by atoms with Crippen LogP contribution < -0.4 is 16.0 Å². The zero-order valence-electron chi connectivity index (χ0n) is 14.7. The summed E-state index contributed by atoms with van der Waals surface area (Å²) in [7, 11) is 0. The van der Waals surface area contributed by atoms with E-state index < -0.39 is 0 Å². The van der Waals surface area contributed by atoms with Crippen LogP contribution in [0.1, 0.15) is 29.8 Å². The van der Waals surface area contributed by atoms with Crippen molar-refractivity contribution in [2.45, 2.75) is 20.4 Å². The summed E-state index contributed by atoms with van der Waals surface area (Å²) in [4.78, 5) is 24.3. The van der Waals surface area contributed by atoms with Crippen molar-refractivity contribution in [3.8, 4) is 0 Å². The van der Waals surface area contributed by atoms with Gasteiger partial charge in [0.05, 0.1) is 12.1 Å². The van der Waals surface area contributed by atoms with Gasteiger partial charge in [-0.2, -0.15) is 0 Å². The summed E-state index contributed by atoms with van der Waals surface area (Å²) >= 11 is 0. The predicted molar refractivity (Wildman–Crippen MR) is 100 cm³/mol. The van der Waals surface area contributed by atoms with Crippen molar-refractivity contribution in [1.82, 2.24) is 10.6 Å². The molecule has 0 atom stereocenters. The second kappa shape index (κ2) is 9.47. The maximum Gasteiger partial charge on any atom is 0.253 e. The highest BCUT2D eigenvalue weighted by molar-refractivity contribution is 6.00. The van der Waals surface area contributed by atoms with Crippen LogP contribution >= 0.6 is 0 Å². The van der Waals surface area contributed by atoms with E-state index in [0.29, 0.717) is 30.3 Å². The Morgan fingerprint density at radius 3 is 2.32 bits per heavy atom. The Kier molecular flexibility index (Phi) is 7.01. The van der Waals surface area contributed by atoms with Crippen LogP contribution in [0.3, 0.4) is 0 Å². The summed E-state index contributed by atoms with van der Waals surface area (Å²) in [6.07, 6.45) is 0. The topological polar surface area (TPSA) is 70.2 Å².